The minimum absolute atomic E-state index is 0.0437. The number of anilines is 1. The Labute approximate surface area is 111 Å². The highest BCUT2D eigenvalue weighted by Gasteiger charge is 2.08. The van der Waals surface area contributed by atoms with E-state index in [4.69, 9.17) is 10.8 Å². The summed E-state index contributed by atoms with van der Waals surface area (Å²) >= 11 is 0. The van der Waals surface area contributed by atoms with Gasteiger partial charge in [0.05, 0.1) is 17.5 Å². The number of hydrogen-bond acceptors (Lipinski definition) is 4. The summed E-state index contributed by atoms with van der Waals surface area (Å²) in [7, 11) is 1.97. The number of hydrogen-bond donors (Lipinski definition) is 3. The van der Waals surface area contributed by atoms with E-state index >= 15 is 0 Å². The lowest BCUT2D eigenvalue weighted by molar-refractivity contribution is -0.137. The highest BCUT2D eigenvalue weighted by atomic mass is 16.4. The summed E-state index contributed by atoms with van der Waals surface area (Å²) in [5, 5.41) is 11.8. The van der Waals surface area contributed by atoms with Gasteiger partial charge in [-0.2, -0.15) is 0 Å². The van der Waals surface area contributed by atoms with E-state index in [2.05, 4.69) is 10.3 Å². The Kier molecular flexibility index (Phi) is 3.71. The van der Waals surface area contributed by atoms with Gasteiger partial charge in [0.25, 0.3) is 0 Å². The molecule has 4 N–H and O–H groups in total. The molecular formula is C13H18N4O2. The number of aromatic nitrogens is 2. The van der Waals surface area contributed by atoms with Crippen molar-refractivity contribution in [1.29, 1.82) is 0 Å². The number of aliphatic carboxylic acids is 1. The van der Waals surface area contributed by atoms with Crippen molar-refractivity contribution in [2.75, 3.05) is 11.9 Å². The minimum atomic E-state index is -0.884. The van der Waals surface area contributed by atoms with Crippen molar-refractivity contribution in [1.82, 2.24) is 9.55 Å². The third kappa shape index (κ3) is 3.03. The maximum absolute atomic E-state index is 10.5. The number of aryl methyl sites for hydroxylation is 2. The van der Waals surface area contributed by atoms with Gasteiger partial charge in [-0.3, -0.25) is 4.79 Å². The van der Waals surface area contributed by atoms with Crippen molar-refractivity contribution in [2.45, 2.75) is 19.4 Å². The van der Waals surface area contributed by atoms with Crippen molar-refractivity contribution in [2.24, 2.45) is 12.8 Å². The fraction of sp³-hybridized carbons (Fsp3) is 0.385. The van der Waals surface area contributed by atoms with Gasteiger partial charge in [-0.15, -0.1) is 0 Å². The number of nitrogens with zero attached hydrogens (tertiary/aromatic N) is 2. The molecule has 0 aliphatic carbocycles. The standard InChI is InChI=1S/C13H18N4O2/c1-8-16-11-6-10(3-4-12(11)17(8)2)15-7-9(14)5-13(18)19/h3-4,6,9,15H,5,7,14H2,1-2H3,(H,18,19). The molecule has 0 radical (unpaired) electrons. The van der Waals surface area contributed by atoms with Gasteiger partial charge in [-0.1, -0.05) is 0 Å². The van der Waals surface area contributed by atoms with Crippen LogP contribution in [0, 0.1) is 6.92 Å². The zero-order valence-electron chi connectivity index (χ0n) is 11.1. The number of carboxylic acid groups (broad SMARTS) is 1. The summed E-state index contributed by atoms with van der Waals surface area (Å²) in [4.78, 5) is 15.0. The summed E-state index contributed by atoms with van der Waals surface area (Å²) < 4.78 is 2.02. The molecule has 0 saturated carbocycles. The summed E-state index contributed by atoms with van der Waals surface area (Å²) in [5.41, 5.74) is 8.58. The number of benzene rings is 1. The Balaban J connectivity index is 2.07. The van der Waals surface area contributed by atoms with Gasteiger partial charge >= 0.3 is 5.97 Å². The molecule has 1 unspecified atom stereocenters. The number of fused-ring (bicyclic) bond motifs is 1. The van der Waals surface area contributed by atoms with Crippen molar-refractivity contribution in [3.8, 4) is 0 Å². The summed E-state index contributed by atoms with van der Waals surface area (Å²) in [5.74, 6) is 0.0693. The lowest BCUT2D eigenvalue weighted by atomic mass is 10.2. The number of carboxylic acids is 1. The van der Waals surface area contributed by atoms with Crippen LogP contribution in [0.3, 0.4) is 0 Å². The number of imidazole rings is 1. The molecule has 2 aromatic rings. The quantitative estimate of drug-likeness (QED) is 0.750. The molecule has 1 heterocycles. The molecule has 6 nitrogen and oxygen atoms in total. The fourth-order valence-electron chi connectivity index (χ4n) is 1.98. The normalized spacial score (nSPS) is 12.6. The zero-order chi connectivity index (χ0) is 14.0. The molecule has 19 heavy (non-hydrogen) atoms. The maximum atomic E-state index is 10.5. The van der Waals surface area contributed by atoms with Crippen molar-refractivity contribution in [3.05, 3.63) is 24.0 Å². The van der Waals surface area contributed by atoms with Crippen LogP contribution in [-0.4, -0.2) is 33.2 Å². The number of nitrogens with two attached hydrogens (primary N) is 1. The SMILES string of the molecule is Cc1nc2cc(NCC(N)CC(=O)O)ccc2n1C. The Morgan fingerprint density at radius 2 is 2.32 bits per heavy atom. The smallest absolute Gasteiger partial charge is 0.304 e. The van der Waals surface area contributed by atoms with Gasteiger partial charge in [-0.25, -0.2) is 4.98 Å². The third-order valence-corrected chi connectivity index (χ3v) is 3.11. The average molecular weight is 262 g/mol. The molecule has 0 saturated heterocycles. The molecule has 2 rings (SSSR count). The highest BCUT2D eigenvalue weighted by molar-refractivity contribution is 5.80. The molecule has 102 valence electrons. The second-order valence-corrected chi connectivity index (χ2v) is 4.66. The first-order chi connectivity index (χ1) is 8.97. The van der Waals surface area contributed by atoms with E-state index in [1.807, 2.05) is 36.7 Å². The van der Waals surface area contributed by atoms with Crippen LogP contribution in [0.5, 0.6) is 0 Å². The van der Waals surface area contributed by atoms with Crippen LogP contribution in [0.2, 0.25) is 0 Å². The third-order valence-electron chi connectivity index (χ3n) is 3.11. The van der Waals surface area contributed by atoms with E-state index in [0.717, 1.165) is 22.5 Å². The molecule has 0 aliphatic rings. The Morgan fingerprint density at radius 1 is 1.58 bits per heavy atom. The van der Waals surface area contributed by atoms with E-state index in [9.17, 15) is 4.79 Å². The number of nitrogens with one attached hydrogen (secondary N) is 1. The monoisotopic (exact) mass is 262 g/mol. The average Bonchev–Trinajstić information content (AvgIpc) is 2.61. The Hall–Kier alpha value is -2.08. The van der Waals surface area contributed by atoms with Crippen LogP contribution in [-0.2, 0) is 11.8 Å². The van der Waals surface area contributed by atoms with Crippen LogP contribution < -0.4 is 11.1 Å². The molecule has 0 aliphatic heterocycles. The minimum Gasteiger partial charge on any atom is -0.481 e. The molecule has 0 bridgehead atoms. The van der Waals surface area contributed by atoms with Crippen LogP contribution in [0.15, 0.2) is 18.2 Å². The predicted octanol–water partition coefficient (Wildman–Crippen LogP) is 1.10. The van der Waals surface area contributed by atoms with Crippen molar-refractivity contribution >= 4 is 22.7 Å². The van der Waals surface area contributed by atoms with Crippen LogP contribution in [0.1, 0.15) is 12.2 Å². The summed E-state index contributed by atoms with van der Waals surface area (Å²) in [6.45, 7) is 2.37. The largest absolute Gasteiger partial charge is 0.481 e. The van der Waals surface area contributed by atoms with Gasteiger partial charge in [-0.05, 0) is 25.1 Å². The molecule has 0 fully saturated rings. The number of rotatable bonds is 5. The van der Waals surface area contributed by atoms with Crippen LogP contribution in [0.25, 0.3) is 11.0 Å². The molecule has 1 atom stereocenters. The van der Waals surface area contributed by atoms with Gasteiger partial charge in [0.15, 0.2) is 0 Å². The van der Waals surface area contributed by atoms with Crippen molar-refractivity contribution < 1.29 is 9.90 Å². The summed E-state index contributed by atoms with van der Waals surface area (Å²) in [6.07, 6.45) is -0.0437. The Morgan fingerprint density at radius 3 is 3.00 bits per heavy atom. The first-order valence-electron chi connectivity index (χ1n) is 6.11. The van der Waals surface area contributed by atoms with Crippen LogP contribution in [0.4, 0.5) is 5.69 Å². The number of carbonyl (C=O) groups is 1. The van der Waals surface area contributed by atoms with Gasteiger partial charge < -0.3 is 20.7 Å². The van der Waals surface area contributed by atoms with Crippen molar-refractivity contribution in [3.63, 3.8) is 0 Å². The first-order valence-corrected chi connectivity index (χ1v) is 6.11. The lowest BCUT2D eigenvalue weighted by Crippen LogP contribution is -2.31. The van der Waals surface area contributed by atoms with Gasteiger partial charge in [0, 0.05) is 25.3 Å². The lowest BCUT2D eigenvalue weighted by Gasteiger charge is -2.11. The molecular weight excluding hydrogens is 244 g/mol. The molecule has 1 aromatic carbocycles. The molecule has 0 spiro atoms. The van der Waals surface area contributed by atoms with Gasteiger partial charge in [0.2, 0.25) is 0 Å². The second-order valence-electron chi connectivity index (χ2n) is 4.66. The molecule has 1 aromatic heterocycles. The molecule has 0 amide bonds. The predicted molar refractivity (Wildman–Crippen MR) is 74.2 cm³/mol. The van der Waals surface area contributed by atoms with E-state index in [1.165, 1.54) is 0 Å². The van der Waals surface area contributed by atoms with Gasteiger partial charge in [0.1, 0.15) is 5.82 Å². The van der Waals surface area contributed by atoms with E-state index in [1.54, 1.807) is 0 Å². The fourth-order valence-corrected chi connectivity index (χ4v) is 1.98. The van der Waals surface area contributed by atoms with E-state index in [-0.39, 0.29) is 6.42 Å². The summed E-state index contributed by atoms with van der Waals surface area (Å²) in [6, 6.07) is 5.46. The first kappa shape index (κ1) is 13.4. The van der Waals surface area contributed by atoms with Crippen LogP contribution >= 0.6 is 0 Å². The van der Waals surface area contributed by atoms with E-state index in [0.29, 0.717) is 6.54 Å². The second kappa shape index (κ2) is 5.27. The zero-order valence-corrected chi connectivity index (χ0v) is 11.1. The topological polar surface area (TPSA) is 93.2 Å². The molecule has 6 heteroatoms. The Bertz CT molecular complexity index is 606. The maximum Gasteiger partial charge on any atom is 0.304 e. The highest BCUT2D eigenvalue weighted by Crippen LogP contribution is 2.19. The van der Waals surface area contributed by atoms with E-state index < -0.39 is 12.0 Å².